The normalized spacial score (nSPS) is 19.8. The summed E-state index contributed by atoms with van der Waals surface area (Å²) >= 11 is 15.1. The van der Waals surface area contributed by atoms with Gasteiger partial charge in [-0.1, -0.05) is 0 Å². The van der Waals surface area contributed by atoms with E-state index in [1.54, 1.807) is 21.3 Å². The minimum Gasteiger partial charge on any atom is -0.433 e. The number of imide groups is 1. The second-order valence-corrected chi connectivity index (χ2v) is 12.8. The number of amides is 8. The lowest BCUT2D eigenvalue weighted by molar-refractivity contribution is -0.152. The van der Waals surface area contributed by atoms with E-state index in [4.69, 9.17) is 55.6 Å². The van der Waals surface area contributed by atoms with Gasteiger partial charge in [0.1, 0.15) is 12.8 Å². The third-order valence-corrected chi connectivity index (χ3v) is 9.27. The summed E-state index contributed by atoms with van der Waals surface area (Å²) in [6.07, 6.45) is -1.26. The molecular formula is C30H43N7O12S3. The summed E-state index contributed by atoms with van der Waals surface area (Å²) in [5, 5.41) is 0.534. The molecule has 8 amide bonds. The Morgan fingerprint density at radius 1 is 0.635 bits per heavy atom. The summed E-state index contributed by atoms with van der Waals surface area (Å²) < 4.78 is 19.6. The Bertz CT molecular complexity index is 1460. The van der Waals surface area contributed by atoms with Crippen molar-refractivity contribution in [1.29, 1.82) is 0 Å². The van der Waals surface area contributed by atoms with E-state index in [-0.39, 0.29) is 51.8 Å². The van der Waals surface area contributed by atoms with Crippen molar-refractivity contribution in [3.63, 3.8) is 0 Å². The molecule has 0 aromatic rings. The molecule has 4 heterocycles. The molecule has 0 aromatic carbocycles. The highest BCUT2D eigenvalue weighted by Crippen LogP contribution is 2.28. The minimum atomic E-state index is -1.57. The second kappa shape index (κ2) is 19.1. The van der Waals surface area contributed by atoms with Crippen LogP contribution in [0.2, 0.25) is 0 Å². The Labute approximate surface area is 316 Å². The SMILES string of the molecule is CCN1C(=O)CC(=O)N(CCOC)C1=S.CN1C(=O)C(N2C(=O)OC(C)(C)C2=O)C(=O)N(C)C1=S.COCCN1C(=O)CC(=O)N(CCOC)C1=S. The lowest BCUT2D eigenvalue weighted by atomic mass is 10.1. The van der Waals surface area contributed by atoms with Crippen LogP contribution in [0.25, 0.3) is 0 Å². The van der Waals surface area contributed by atoms with Crippen LogP contribution in [0.1, 0.15) is 33.6 Å². The molecule has 19 nitrogen and oxygen atoms in total. The fourth-order valence-corrected chi connectivity index (χ4v) is 5.88. The first-order chi connectivity index (χ1) is 24.3. The number of cyclic esters (lactones) is 1. The summed E-state index contributed by atoms with van der Waals surface area (Å²) in [5.74, 6) is -3.21. The number of hydrogen-bond acceptors (Lipinski definition) is 15. The number of carbonyl (C=O) groups excluding carboxylic acids is 8. The van der Waals surface area contributed by atoms with Crippen LogP contribution in [-0.4, -0.2) is 190 Å². The van der Waals surface area contributed by atoms with E-state index in [2.05, 4.69) is 0 Å². The molecule has 22 heteroatoms. The summed E-state index contributed by atoms with van der Waals surface area (Å²) in [6, 6.07) is -1.57. The molecule has 4 saturated heterocycles. The number of likely N-dealkylation sites (N-methyl/N-ethyl adjacent to an activating group) is 2. The topological polar surface area (TPSA) is 196 Å². The lowest BCUT2D eigenvalue weighted by Crippen LogP contribution is -2.65. The maximum Gasteiger partial charge on any atom is 0.418 e. The van der Waals surface area contributed by atoms with Crippen LogP contribution in [0.3, 0.4) is 0 Å². The summed E-state index contributed by atoms with van der Waals surface area (Å²) in [7, 11) is 7.39. The third kappa shape index (κ3) is 9.86. The van der Waals surface area contributed by atoms with Gasteiger partial charge in [0.15, 0.2) is 20.9 Å². The van der Waals surface area contributed by atoms with Gasteiger partial charge in [-0.05, 0) is 57.4 Å². The molecule has 0 aliphatic carbocycles. The van der Waals surface area contributed by atoms with Crippen LogP contribution in [-0.2, 0) is 52.5 Å². The van der Waals surface area contributed by atoms with Crippen molar-refractivity contribution >= 4 is 99.4 Å². The van der Waals surface area contributed by atoms with Crippen molar-refractivity contribution in [3.8, 4) is 0 Å². The van der Waals surface area contributed by atoms with Crippen molar-refractivity contribution in [1.82, 2.24) is 34.3 Å². The van der Waals surface area contributed by atoms with Crippen LogP contribution >= 0.6 is 36.7 Å². The molecule has 4 fully saturated rings. The van der Waals surface area contributed by atoms with E-state index in [1.165, 1.54) is 47.5 Å². The zero-order valence-corrected chi connectivity index (χ0v) is 32.6. The summed E-state index contributed by atoms with van der Waals surface area (Å²) in [4.78, 5) is 103. The van der Waals surface area contributed by atoms with Crippen LogP contribution in [0.4, 0.5) is 4.79 Å². The minimum absolute atomic E-state index is 0.00974. The molecule has 0 radical (unpaired) electrons. The molecule has 52 heavy (non-hydrogen) atoms. The van der Waals surface area contributed by atoms with Crippen molar-refractivity contribution in [3.05, 3.63) is 0 Å². The highest BCUT2D eigenvalue weighted by molar-refractivity contribution is 7.80. The Morgan fingerprint density at radius 3 is 1.29 bits per heavy atom. The van der Waals surface area contributed by atoms with E-state index in [0.717, 1.165) is 9.80 Å². The predicted molar refractivity (Wildman–Crippen MR) is 192 cm³/mol. The summed E-state index contributed by atoms with van der Waals surface area (Å²) in [6.45, 7) is 7.43. The first-order valence-corrected chi connectivity index (χ1v) is 17.0. The fourth-order valence-electron chi connectivity index (χ4n) is 4.89. The predicted octanol–water partition coefficient (Wildman–Crippen LogP) is -1.05. The van der Waals surface area contributed by atoms with Crippen LogP contribution in [0.5, 0.6) is 0 Å². The zero-order chi connectivity index (χ0) is 39.7. The van der Waals surface area contributed by atoms with Crippen LogP contribution in [0, 0.1) is 0 Å². The van der Waals surface area contributed by atoms with Gasteiger partial charge in [0.25, 0.3) is 17.7 Å². The van der Waals surface area contributed by atoms with Gasteiger partial charge in [0.05, 0.1) is 39.5 Å². The molecule has 0 atom stereocenters. The Balaban J connectivity index is 0.000000273. The van der Waals surface area contributed by atoms with Gasteiger partial charge >= 0.3 is 6.09 Å². The number of hydrogen-bond donors (Lipinski definition) is 0. The molecule has 4 aliphatic rings. The standard InChI is InChI=1S/C11H13N3O5S.C10H16N2O4S.C9H14N2O3S/c1-11(2)8(17)14(10(18)19-11)5-6(15)12(3)9(20)13(4)7(5)16;1-15-5-3-11-8(13)7-9(14)12(10(11)17)4-6-16-2;1-3-10-7(12)6-8(13)11(9(10)15)4-5-14-2/h5H,1-4H3;3-7H2,1-2H3;3-6H2,1-2H3. The highest BCUT2D eigenvalue weighted by atomic mass is 32.1. The molecule has 0 spiro atoms. The van der Waals surface area contributed by atoms with Crippen LogP contribution < -0.4 is 0 Å². The van der Waals surface area contributed by atoms with Crippen molar-refractivity contribution in [2.75, 3.05) is 81.4 Å². The number of methoxy groups -OCH3 is 3. The van der Waals surface area contributed by atoms with E-state index in [9.17, 15) is 38.4 Å². The maximum atomic E-state index is 12.2. The van der Waals surface area contributed by atoms with Crippen molar-refractivity contribution < 1.29 is 57.3 Å². The van der Waals surface area contributed by atoms with Crippen LogP contribution in [0.15, 0.2) is 0 Å². The van der Waals surface area contributed by atoms with E-state index >= 15 is 0 Å². The average molecular weight is 790 g/mol. The molecule has 4 aliphatic heterocycles. The third-order valence-electron chi connectivity index (χ3n) is 7.84. The summed E-state index contributed by atoms with van der Waals surface area (Å²) in [5.41, 5.74) is -1.40. The van der Waals surface area contributed by atoms with E-state index in [0.29, 0.717) is 50.9 Å². The molecule has 0 unspecified atom stereocenters. The Kier molecular flexibility index (Phi) is 16.2. The van der Waals surface area contributed by atoms with Gasteiger partial charge in [-0.2, -0.15) is 0 Å². The monoisotopic (exact) mass is 789 g/mol. The van der Waals surface area contributed by atoms with Gasteiger partial charge in [-0.25, -0.2) is 9.69 Å². The van der Waals surface area contributed by atoms with Gasteiger partial charge in [0, 0.05) is 42.0 Å². The maximum absolute atomic E-state index is 12.2. The smallest absolute Gasteiger partial charge is 0.418 e. The number of thiocarbonyl (C=S) groups is 3. The molecule has 4 rings (SSSR count). The zero-order valence-electron chi connectivity index (χ0n) is 30.2. The van der Waals surface area contributed by atoms with Gasteiger partial charge < -0.3 is 18.9 Å². The Morgan fingerprint density at radius 2 is 0.981 bits per heavy atom. The van der Waals surface area contributed by atoms with Crippen molar-refractivity contribution in [2.24, 2.45) is 0 Å². The first-order valence-electron chi connectivity index (χ1n) is 15.7. The number of ether oxygens (including phenoxy) is 4. The van der Waals surface area contributed by atoms with Gasteiger partial charge in [-0.3, -0.25) is 63.0 Å². The molecule has 288 valence electrons. The quantitative estimate of drug-likeness (QED) is 0.182. The molecule has 0 aromatic heterocycles. The number of carbonyl (C=O) groups is 8. The van der Waals surface area contributed by atoms with Gasteiger partial charge in [0.2, 0.25) is 29.7 Å². The molecule has 0 N–H and O–H groups in total. The molecule has 0 bridgehead atoms. The second-order valence-electron chi connectivity index (χ2n) is 11.7. The largest absolute Gasteiger partial charge is 0.433 e. The van der Waals surface area contributed by atoms with E-state index in [1.807, 2.05) is 6.92 Å². The lowest BCUT2D eigenvalue weighted by Gasteiger charge is -2.37. The van der Waals surface area contributed by atoms with E-state index < -0.39 is 35.5 Å². The first kappa shape index (κ1) is 44.1. The average Bonchev–Trinajstić information content (AvgIpc) is 3.28. The Hall–Kier alpha value is -4.09. The highest BCUT2D eigenvalue weighted by Gasteiger charge is 2.57. The fraction of sp³-hybridized carbons (Fsp3) is 0.633. The number of rotatable bonds is 11. The molecule has 0 saturated carbocycles. The number of nitrogens with zero attached hydrogens (tertiary/aromatic N) is 7. The van der Waals surface area contributed by atoms with Crippen molar-refractivity contribution in [2.45, 2.75) is 45.3 Å². The molecular weight excluding hydrogens is 747 g/mol. The van der Waals surface area contributed by atoms with Gasteiger partial charge in [-0.15, -0.1) is 0 Å².